The van der Waals surface area contributed by atoms with Crippen molar-refractivity contribution in [3.63, 3.8) is 0 Å². The van der Waals surface area contributed by atoms with E-state index in [-0.39, 0.29) is 0 Å². The summed E-state index contributed by atoms with van der Waals surface area (Å²) in [5.74, 6) is 0. The van der Waals surface area contributed by atoms with Gasteiger partial charge in [-0.15, -0.1) is 0 Å². The summed E-state index contributed by atoms with van der Waals surface area (Å²) in [7, 11) is 0. The first-order valence-corrected chi connectivity index (χ1v) is 16.3. The van der Waals surface area contributed by atoms with E-state index in [2.05, 4.69) is 118 Å². The SMILES string of the molecule is N#Cc1cc(-c2cccc(-c3ccccc3-n3c4ccc(C#N)cc4c4c(C#N)cccc43)c2)cc(-n2c3ccccc3c3ccccc32)c1. The number of benzene rings is 7. The molecule has 0 radical (unpaired) electrons. The van der Waals surface area contributed by atoms with Gasteiger partial charge in [0.05, 0.1) is 62.7 Å². The monoisotopic (exact) mass is 635 g/mol. The topological polar surface area (TPSA) is 81.2 Å². The van der Waals surface area contributed by atoms with Gasteiger partial charge in [0.25, 0.3) is 0 Å². The van der Waals surface area contributed by atoms with E-state index in [1.54, 1.807) is 0 Å². The molecular formula is C45H25N5. The van der Waals surface area contributed by atoms with Crippen molar-refractivity contribution in [2.75, 3.05) is 0 Å². The molecule has 9 rings (SSSR count). The van der Waals surface area contributed by atoms with Crippen LogP contribution in [0, 0.1) is 34.0 Å². The Morgan fingerprint density at radius 1 is 0.400 bits per heavy atom. The fraction of sp³-hybridized carbons (Fsp3) is 0. The molecule has 9 aromatic rings. The van der Waals surface area contributed by atoms with Crippen LogP contribution in [0.1, 0.15) is 16.7 Å². The molecule has 0 aliphatic heterocycles. The Hall–Kier alpha value is -7.39. The fourth-order valence-electron chi connectivity index (χ4n) is 7.44. The van der Waals surface area contributed by atoms with Crippen LogP contribution in [0.15, 0.2) is 152 Å². The molecule has 230 valence electrons. The standard InChI is InChI=1S/C45H25N5/c46-26-29-19-20-43-39(23-29)45-33(28-48)11-8-18-44(45)50(43)40-15-4-1-12-36(40)32-10-7-9-31(24-32)34-21-30(27-47)22-35(25-34)49-41-16-5-2-13-37(41)38-14-3-6-17-42(38)49/h1-25H. The summed E-state index contributed by atoms with van der Waals surface area (Å²) in [6.45, 7) is 0. The predicted molar refractivity (Wildman–Crippen MR) is 200 cm³/mol. The number of hydrogen-bond acceptors (Lipinski definition) is 3. The van der Waals surface area contributed by atoms with Crippen molar-refractivity contribution in [1.82, 2.24) is 9.13 Å². The maximum atomic E-state index is 10.2. The highest BCUT2D eigenvalue weighted by atomic mass is 15.0. The lowest BCUT2D eigenvalue weighted by Gasteiger charge is -2.15. The van der Waals surface area contributed by atoms with Crippen LogP contribution in [0.25, 0.3) is 77.2 Å². The second kappa shape index (κ2) is 11.4. The molecule has 0 spiro atoms. The molecule has 0 fully saturated rings. The summed E-state index contributed by atoms with van der Waals surface area (Å²) in [5, 5.41) is 33.9. The number of rotatable bonds is 4. The van der Waals surface area contributed by atoms with Crippen LogP contribution in [-0.2, 0) is 0 Å². The zero-order valence-electron chi connectivity index (χ0n) is 26.7. The quantitative estimate of drug-likeness (QED) is 0.193. The van der Waals surface area contributed by atoms with Gasteiger partial charge in [0, 0.05) is 32.8 Å². The van der Waals surface area contributed by atoms with Crippen molar-refractivity contribution in [3.05, 3.63) is 168 Å². The van der Waals surface area contributed by atoms with E-state index in [1.807, 2.05) is 60.7 Å². The van der Waals surface area contributed by atoms with Gasteiger partial charge in [-0.2, -0.15) is 15.8 Å². The Labute approximate surface area is 287 Å². The Balaban J connectivity index is 1.24. The lowest BCUT2D eigenvalue weighted by Crippen LogP contribution is -1.98. The minimum atomic E-state index is 0.546. The van der Waals surface area contributed by atoms with Gasteiger partial charge in [-0.25, -0.2) is 0 Å². The second-order valence-electron chi connectivity index (χ2n) is 12.3. The van der Waals surface area contributed by atoms with Crippen LogP contribution < -0.4 is 0 Å². The molecule has 2 aromatic heterocycles. The molecule has 0 saturated heterocycles. The molecule has 0 bridgehead atoms. The first kappa shape index (κ1) is 28.8. The van der Waals surface area contributed by atoms with Gasteiger partial charge >= 0.3 is 0 Å². The normalized spacial score (nSPS) is 11.1. The van der Waals surface area contributed by atoms with Crippen molar-refractivity contribution in [2.45, 2.75) is 0 Å². The van der Waals surface area contributed by atoms with Crippen molar-refractivity contribution in [2.24, 2.45) is 0 Å². The number of nitriles is 3. The zero-order chi connectivity index (χ0) is 33.8. The van der Waals surface area contributed by atoms with Gasteiger partial charge in [0.15, 0.2) is 0 Å². The van der Waals surface area contributed by atoms with E-state index < -0.39 is 0 Å². The van der Waals surface area contributed by atoms with E-state index in [9.17, 15) is 15.8 Å². The Kier molecular flexibility index (Phi) is 6.56. The number of nitrogens with zero attached hydrogens (tertiary/aromatic N) is 5. The molecule has 0 atom stereocenters. The molecule has 7 aromatic carbocycles. The average molecular weight is 636 g/mol. The number of hydrogen-bond donors (Lipinski definition) is 0. The molecule has 0 saturated carbocycles. The Morgan fingerprint density at radius 2 is 1.06 bits per heavy atom. The highest BCUT2D eigenvalue weighted by molar-refractivity contribution is 6.13. The lowest BCUT2D eigenvalue weighted by atomic mass is 9.96. The molecule has 2 heterocycles. The highest BCUT2D eigenvalue weighted by Crippen LogP contribution is 2.39. The van der Waals surface area contributed by atoms with Gasteiger partial charge in [0.2, 0.25) is 0 Å². The molecule has 0 aliphatic carbocycles. The molecule has 5 heteroatoms. The van der Waals surface area contributed by atoms with Crippen LogP contribution in [0.2, 0.25) is 0 Å². The maximum Gasteiger partial charge on any atom is 0.0998 e. The maximum absolute atomic E-state index is 10.2. The summed E-state index contributed by atoms with van der Waals surface area (Å²) in [6.07, 6.45) is 0. The third-order valence-corrected chi connectivity index (χ3v) is 9.58. The van der Waals surface area contributed by atoms with Crippen molar-refractivity contribution >= 4 is 43.6 Å². The summed E-state index contributed by atoms with van der Waals surface area (Å²) in [4.78, 5) is 0. The van der Waals surface area contributed by atoms with Crippen molar-refractivity contribution in [1.29, 1.82) is 15.8 Å². The van der Waals surface area contributed by atoms with Gasteiger partial charge < -0.3 is 9.13 Å². The average Bonchev–Trinajstić information content (AvgIpc) is 3.70. The third-order valence-electron chi connectivity index (χ3n) is 9.58. The van der Waals surface area contributed by atoms with E-state index in [4.69, 9.17) is 0 Å². The lowest BCUT2D eigenvalue weighted by molar-refractivity contribution is 1.18. The summed E-state index contributed by atoms with van der Waals surface area (Å²) in [6, 6.07) is 57.9. The highest BCUT2D eigenvalue weighted by Gasteiger charge is 2.19. The van der Waals surface area contributed by atoms with E-state index in [0.717, 1.165) is 66.5 Å². The number of fused-ring (bicyclic) bond motifs is 6. The molecule has 0 N–H and O–H groups in total. The molecule has 5 nitrogen and oxygen atoms in total. The van der Waals surface area contributed by atoms with Crippen LogP contribution in [-0.4, -0.2) is 9.13 Å². The first-order chi connectivity index (χ1) is 24.7. The number of para-hydroxylation sites is 3. The zero-order valence-corrected chi connectivity index (χ0v) is 26.7. The second-order valence-corrected chi connectivity index (χ2v) is 12.3. The van der Waals surface area contributed by atoms with Crippen LogP contribution in [0.5, 0.6) is 0 Å². The largest absolute Gasteiger partial charge is 0.309 e. The summed E-state index contributed by atoms with van der Waals surface area (Å²) in [5.41, 5.74) is 11.5. The van der Waals surface area contributed by atoms with Gasteiger partial charge in [-0.05, 0) is 89.5 Å². The van der Waals surface area contributed by atoms with Crippen LogP contribution in [0.3, 0.4) is 0 Å². The first-order valence-electron chi connectivity index (χ1n) is 16.3. The Morgan fingerprint density at radius 3 is 1.82 bits per heavy atom. The fourth-order valence-corrected chi connectivity index (χ4v) is 7.44. The molecule has 0 aliphatic rings. The molecule has 0 unspecified atom stereocenters. The van der Waals surface area contributed by atoms with Gasteiger partial charge in [-0.1, -0.05) is 78.9 Å². The molecular weight excluding hydrogens is 611 g/mol. The third kappa shape index (κ3) is 4.38. The Bertz CT molecular complexity index is 2920. The molecule has 50 heavy (non-hydrogen) atoms. The molecule has 0 amide bonds. The van der Waals surface area contributed by atoms with Crippen LogP contribution in [0.4, 0.5) is 0 Å². The smallest absolute Gasteiger partial charge is 0.0998 e. The van der Waals surface area contributed by atoms with Gasteiger partial charge in [-0.3, -0.25) is 0 Å². The number of aromatic nitrogens is 2. The predicted octanol–water partition coefficient (Wildman–Crippen LogP) is 10.8. The van der Waals surface area contributed by atoms with Crippen molar-refractivity contribution in [3.8, 4) is 51.8 Å². The summed E-state index contributed by atoms with van der Waals surface area (Å²) >= 11 is 0. The minimum Gasteiger partial charge on any atom is -0.309 e. The van der Waals surface area contributed by atoms with Crippen LogP contribution >= 0.6 is 0 Å². The minimum absolute atomic E-state index is 0.546. The summed E-state index contributed by atoms with van der Waals surface area (Å²) < 4.78 is 4.43. The van der Waals surface area contributed by atoms with E-state index in [0.29, 0.717) is 16.7 Å². The van der Waals surface area contributed by atoms with Crippen molar-refractivity contribution < 1.29 is 0 Å². The van der Waals surface area contributed by atoms with E-state index in [1.165, 1.54) is 10.8 Å². The van der Waals surface area contributed by atoms with E-state index >= 15 is 0 Å². The van der Waals surface area contributed by atoms with Gasteiger partial charge in [0.1, 0.15) is 0 Å².